The second kappa shape index (κ2) is 5.04. The number of carbonyl (C=O) groups excluding carboxylic acids is 1. The van der Waals surface area contributed by atoms with Crippen molar-refractivity contribution in [2.45, 2.75) is 12.3 Å². The number of Topliss-reactive ketones (excluding diaryl/α,β-unsaturated/α-hetero) is 1. The predicted octanol–water partition coefficient (Wildman–Crippen LogP) is 5.52. The lowest BCUT2D eigenvalue weighted by Crippen LogP contribution is -2.07. The van der Waals surface area contributed by atoms with Crippen molar-refractivity contribution in [3.05, 3.63) is 95.6 Å². The van der Waals surface area contributed by atoms with Crippen molar-refractivity contribution >= 4 is 27.3 Å². The van der Waals surface area contributed by atoms with E-state index >= 15 is 0 Å². The minimum Gasteiger partial charge on any atom is -0.293 e. The van der Waals surface area contributed by atoms with E-state index in [2.05, 4.69) is 54.6 Å². The molecule has 0 aromatic heterocycles. The molecule has 5 rings (SSSR count). The van der Waals surface area contributed by atoms with Gasteiger partial charge in [0, 0.05) is 5.56 Å². The normalized spacial score (nSPS) is 16.7. The van der Waals surface area contributed by atoms with Gasteiger partial charge in [0.15, 0.2) is 5.78 Å². The molecule has 1 aliphatic carbocycles. The average Bonchev–Trinajstić information content (AvgIpc) is 2.98. The van der Waals surface area contributed by atoms with Crippen LogP contribution in [0.15, 0.2) is 78.9 Å². The Labute approximate surface area is 140 Å². The maximum Gasteiger partial charge on any atom is 0.170 e. The highest BCUT2D eigenvalue weighted by Gasteiger charge is 2.33. The molecule has 0 amide bonds. The van der Waals surface area contributed by atoms with Gasteiger partial charge in [0.25, 0.3) is 0 Å². The molecule has 0 spiro atoms. The van der Waals surface area contributed by atoms with Crippen molar-refractivity contribution in [3.8, 4) is 0 Å². The van der Waals surface area contributed by atoms with Gasteiger partial charge in [-0.05, 0) is 39.1 Å². The molecule has 1 nitrogen and oxygen atoms in total. The van der Waals surface area contributed by atoms with E-state index in [0.717, 1.165) is 17.5 Å². The van der Waals surface area contributed by atoms with Gasteiger partial charge in [-0.3, -0.25) is 4.79 Å². The highest BCUT2D eigenvalue weighted by molar-refractivity contribution is 6.11. The lowest BCUT2D eigenvalue weighted by molar-refractivity contribution is 0.0973. The molecular formula is C23H16O. The molecular weight excluding hydrogens is 292 g/mol. The Kier molecular flexibility index (Phi) is 2.83. The van der Waals surface area contributed by atoms with Gasteiger partial charge in [0.2, 0.25) is 0 Å². The SMILES string of the molecule is O=C1c2ccc3ccccc3c2CC1c1cccc2ccccc12. The first kappa shape index (κ1) is 13.5. The van der Waals surface area contributed by atoms with Crippen LogP contribution in [-0.2, 0) is 6.42 Å². The third-order valence-electron chi connectivity index (χ3n) is 5.23. The van der Waals surface area contributed by atoms with Gasteiger partial charge in [-0.2, -0.15) is 0 Å². The zero-order valence-electron chi connectivity index (χ0n) is 13.2. The van der Waals surface area contributed by atoms with E-state index in [9.17, 15) is 4.79 Å². The maximum absolute atomic E-state index is 13.1. The van der Waals surface area contributed by atoms with Crippen LogP contribution < -0.4 is 0 Å². The van der Waals surface area contributed by atoms with Crippen LogP contribution in [0.2, 0.25) is 0 Å². The number of benzene rings is 4. The van der Waals surface area contributed by atoms with E-state index < -0.39 is 0 Å². The van der Waals surface area contributed by atoms with Crippen LogP contribution in [0.5, 0.6) is 0 Å². The van der Waals surface area contributed by atoms with Gasteiger partial charge in [0.05, 0.1) is 5.92 Å². The van der Waals surface area contributed by atoms with Crippen LogP contribution in [0.3, 0.4) is 0 Å². The summed E-state index contributed by atoms with van der Waals surface area (Å²) in [5, 5.41) is 4.81. The van der Waals surface area contributed by atoms with E-state index in [4.69, 9.17) is 0 Å². The van der Waals surface area contributed by atoms with Crippen molar-refractivity contribution in [3.63, 3.8) is 0 Å². The van der Waals surface area contributed by atoms with E-state index in [-0.39, 0.29) is 11.7 Å². The fraction of sp³-hybridized carbons (Fsp3) is 0.0870. The molecule has 1 heteroatoms. The minimum atomic E-state index is -0.0723. The maximum atomic E-state index is 13.1. The fourth-order valence-electron chi connectivity index (χ4n) is 4.08. The third-order valence-corrected chi connectivity index (χ3v) is 5.23. The molecule has 24 heavy (non-hydrogen) atoms. The summed E-state index contributed by atoms with van der Waals surface area (Å²) in [7, 11) is 0. The van der Waals surface area contributed by atoms with Crippen molar-refractivity contribution < 1.29 is 4.79 Å². The van der Waals surface area contributed by atoms with Crippen molar-refractivity contribution in [2.75, 3.05) is 0 Å². The summed E-state index contributed by atoms with van der Waals surface area (Å²) in [4.78, 5) is 13.1. The number of carbonyl (C=O) groups is 1. The molecule has 0 saturated heterocycles. The van der Waals surface area contributed by atoms with Crippen molar-refractivity contribution in [1.29, 1.82) is 0 Å². The zero-order chi connectivity index (χ0) is 16.1. The summed E-state index contributed by atoms with van der Waals surface area (Å²) >= 11 is 0. The van der Waals surface area contributed by atoms with Gasteiger partial charge in [-0.25, -0.2) is 0 Å². The quantitative estimate of drug-likeness (QED) is 0.453. The van der Waals surface area contributed by atoms with Crippen molar-refractivity contribution in [2.24, 2.45) is 0 Å². The number of ketones is 1. The monoisotopic (exact) mass is 308 g/mol. The summed E-state index contributed by atoms with van der Waals surface area (Å²) in [5.41, 5.74) is 3.25. The number of hydrogen-bond acceptors (Lipinski definition) is 1. The van der Waals surface area contributed by atoms with Gasteiger partial charge in [-0.15, -0.1) is 0 Å². The highest BCUT2D eigenvalue weighted by Crippen LogP contribution is 2.39. The predicted molar refractivity (Wildman–Crippen MR) is 98.7 cm³/mol. The van der Waals surface area contributed by atoms with Crippen LogP contribution in [0, 0.1) is 0 Å². The average molecular weight is 308 g/mol. The van der Waals surface area contributed by atoms with Crippen molar-refractivity contribution in [1.82, 2.24) is 0 Å². The van der Waals surface area contributed by atoms with E-state index in [1.807, 2.05) is 24.3 Å². The van der Waals surface area contributed by atoms with Crippen LogP contribution in [0.4, 0.5) is 0 Å². The first-order chi connectivity index (χ1) is 11.8. The number of hydrogen-bond donors (Lipinski definition) is 0. The third kappa shape index (κ3) is 1.85. The molecule has 0 fully saturated rings. The molecule has 0 radical (unpaired) electrons. The fourth-order valence-corrected chi connectivity index (χ4v) is 4.08. The highest BCUT2D eigenvalue weighted by atomic mass is 16.1. The summed E-state index contributed by atoms with van der Waals surface area (Å²) in [6, 6.07) is 27.0. The molecule has 0 N–H and O–H groups in total. The molecule has 0 saturated carbocycles. The van der Waals surface area contributed by atoms with Gasteiger partial charge in [0.1, 0.15) is 0 Å². The van der Waals surface area contributed by atoms with Crippen LogP contribution in [0.1, 0.15) is 27.4 Å². The van der Waals surface area contributed by atoms with E-state index in [0.29, 0.717) is 0 Å². The molecule has 114 valence electrons. The lowest BCUT2D eigenvalue weighted by atomic mass is 9.90. The molecule has 1 aliphatic rings. The Morgan fingerprint density at radius 1 is 0.667 bits per heavy atom. The summed E-state index contributed by atoms with van der Waals surface area (Å²) in [6.45, 7) is 0. The summed E-state index contributed by atoms with van der Waals surface area (Å²) in [6.07, 6.45) is 0.795. The Morgan fingerprint density at radius 3 is 2.17 bits per heavy atom. The molecule has 4 aromatic carbocycles. The molecule has 0 aliphatic heterocycles. The summed E-state index contributed by atoms with van der Waals surface area (Å²) in [5.74, 6) is 0.184. The van der Waals surface area contributed by atoms with Gasteiger partial charge >= 0.3 is 0 Å². The van der Waals surface area contributed by atoms with Crippen LogP contribution in [0.25, 0.3) is 21.5 Å². The molecule has 1 unspecified atom stereocenters. The number of fused-ring (bicyclic) bond motifs is 4. The molecule has 0 heterocycles. The van der Waals surface area contributed by atoms with E-state index in [1.165, 1.54) is 27.1 Å². The van der Waals surface area contributed by atoms with Crippen LogP contribution in [-0.4, -0.2) is 5.78 Å². The Hall–Kier alpha value is -2.93. The second-order valence-electron chi connectivity index (χ2n) is 6.50. The second-order valence-corrected chi connectivity index (χ2v) is 6.50. The topological polar surface area (TPSA) is 17.1 Å². The van der Waals surface area contributed by atoms with E-state index in [1.54, 1.807) is 0 Å². The van der Waals surface area contributed by atoms with Gasteiger partial charge < -0.3 is 0 Å². The molecule has 4 aromatic rings. The van der Waals surface area contributed by atoms with Gasteiger partial charge in [-0.1, -0.05) is 78.9 Å². The Morgan fingerprint density at radius 2 is 1.33 bits per heavy atom. The Bertz CT molecular complexity index is 1100. The molecule has 1 atom stereocenters. The first-order valence-corrected chi connectivity index (χ1v) is 8.35. The first-order valence-electron chi connectivity index (χ1n) is 8.35. The van der Waals surface area contributed by atoms with Crippen LogP contribution >= 0.6 is 0 Å². The lowest BCUT2D eigenvalue weighted by Gasteiger charge is -2.12. The minimum absolute atomic E-state index is 0.0723. The molecule has 0 bridgehead atoms. The smallest absolute Gasteiger partial charge is 0.170 e. The zero-order valence-corrected chi connectivity index (χ0v) is 13.2. The Balaban J connectivity index is 1.71. The number of rotatable bonds is 1. The summed E-state index contributed by atoms with van der Waals surface area (Å²) < 4.78 is 0. The largest absolute Gasteiger partial charge is 0.293 e. The standard InChI is InChI=1S/C23H16O/c24-23-20-13-12-16-7-2-4-10-18(16)21(20)14-22(23)19-11-5-8-15-6-1-3-9-17(15)19/h1-13,22H,14H2.